The summed E-state index contributed by atoms with van der Waals surface area (Å²) in [5.74, 6) is 1.42. The van der Waals surface area contributed by atoms with Crippen molar-refractivity contribution in [3.8, 4) is 11.5 Å². The summed E-state index contributed by atoms with van der Waals surface area (Å²) < 4.78 is 39.0. The summed E-state index contributed by atoms with van der Waals surface area (Å²) in [4.78, 5) is 16.8. The first-order valence-electron chi connectivity index (χ1n) is 11.0. The van der Waals surface area contributed by atoms with E-state index >= 15 is 0 Å². The second-order valence-electron chi connectivity index (χ2n) is 8.04. The van der Waals surface area contributed by atoms with E-state index in [4.69, 9.17) is 21.1 Å². The van der Waals surface area contributed by atoms with Gasteiger partial charge in [0.05, 0.1) is 11.6 Å². The van der Waals surface area contributed by atoms with Crippen molar-refractivity contribution in [2.75, 3.05) is 52.4 Å². The zero-order chi connectivity index (χ0) is 23.4. The Balaban J connectivity index is 1.30. The Labute approximate surface area is 199 Å². The number of halogens is 1. The van der Waals surface area contributed by atoms with Crippen LogP contribution in [0, 0.1) is 0 Å². The molecule has 1 amide bonds. The van der Waals surface area contributed by atoms with E-state index in [0.717, 1.165) is 5.75 Å². The number of likely N-dealkylation sites (N-methyl/N-ethyl adjacent to an activating group) is 1. The van der Waals surface area contributed by atoms with E-state index < -0.39 is 10.0 Å². The van der Waals surface area contributed by atoms with Crippen molar-refractivity contribution in [2.24, 2.45) is 0 Å². The molecule has 0 aliphatic carbocycles. The highest BCUT2D eigenvalue weighted by Gasteiger charge is 2.32. The largest absolute Gasteiger partial charge is 0.486 e. The molecule has 8 nitrogen and oxygen atoms in total. The highest BCUT2D eigenvalue weighted by atomic mass is 35.5. The summed E-state index contributed by atoms with van der Waals surface area (Å²) in [7, 11) is -3.69. The van der Waals surface area contributed by atoms with Gasteiger partial charge in [-0.15, -0.1) is 0 Å². The normalized spacial score (nSPS) is 19.0. The molecule has 0 spiro atoms. The number of carbonyl (C=O) groups excluding carboxylic acids is 1. The average Bonchev–Trinajstić information content (AvgIpc) is 2.83. The number of benzene rings is 2. The average molecular weight is 494 g/mol. The van der Waals surface area contributed by atoms with Crippen LogP contribution >= 0.6 is 11.6 Å². The third-order valence-electron chi connectivity index (χ3n) is 5.88. The molecule has 2 aromatic rings. The van der Waals surface area contributed by atoms with E-state index in [1.54, 1.807) is 23.1 Å². The number of para-hydroxylation sites is 2. The Morgan fingerprint density at radius 1 is 1.06 bits per heavy atom. The first-order chi connectivity index (χ1) is 15.9. The van der Waals surface area contributed by atoms with Crippen LogP contribution in [0.15, 0.2) is 53.4 Å². The highest BCUT2D eigenvalue weighted by Crippen LogP contribution is 2.31. The Bertz CT molecular complexity index is 1090. The maximum Gasteiger partial charge on any atom is 0.244 e. The van der Waals surface area contributed by atoms with Crippen molar-refractivity contribution in [1.29, 1.82) is 0 Å². The number of rotatable bonds is 7. The second-order valence-corrected chi connectivity index (χ2v) is 10.4. The van der Waals surface area contributed by atoms with Crippen LogP contribution in [0.25, 0.3) is 0 Å². The number of fused-ring (bicyclic) bond motifs is 1. The zero-order valence-corrected chi connectivity index (χ0v) is 20.1. The molecule has 2 heterocycles. The molecule has 0 saturated carbocycles. The molecule has 0 bridgehead atoms. The Kier molecular flexibility index (Phi) is 7.43. The van der Waals surface area contributed by atoms with Crippen LogP contribution in [0.3, 0.4) is 0 Å². The van der Waals surface area contributed by atoms with E-state index in [-0.39, 0.29) is 41.6 Å². The van der Waals surface area contributed by atoms with Gasteiger partial charge in [0.25, 0.3) is 0 Å². The molecule has 0 unspecified atom stereocenters. The third kappa shape index (κ3) is 5.43. The number of ether oxygens (including phenoxy) is 2. The minimum Gasteiger partial charge on any atom is -0.486 e. The number of hydrogen-bond acceptors (Lipinski definition) is 6. The van der Waals surface area contributed by atoms with Crippen LogP contribution in [0.1, 0.15) is 6.92 Å². The predicted octanol–water partition coefficient (Wildman–Crippen LogP) is 2.33. The zero-order valence-electron chi connectivity index (χ0n) is 18.5. The molecule has 10 heteroatoms. The molecule has 0 aromatic heterocycles. The highest BCUT2D eigenvalue weighted by molar-refractivity contribution is 7.89. The molecule has 1 atom stereocenters. The van der Waals surface area contributed by atoms with Crippen LogP contribution in [0.5, 0.6) is 11.5 Å². The van der Waals surface area contributed by atoms with Crippen molar-refractivity contribution < 1.29 is 22.7 Å². The molecule has 33 heavy (non-hydrogen) atoms. The van der Waals surface area contributed by atoms with Crippen LogP contribution in [-0.2, 0) is 14.8 Å². The first kappa shape index (κ1) is 23.8. The van der Waals surface area contributed by atoms with Crippen molar-refractivity contribution in [3.05, 3.63) is 53.6 Å². The quantitative estimate of drug-likeness (QED) is 0.589. The van der Waals surface area contributed by atoms with E-state index in [2.05, 4.69) is 0 Å². The molecular formula is C23H28ClN3O5S. The van der Waals surface area contributed by atoms with Crippen molar-refractivity contribution in [2.45, 2.75) is 17.9 Å². The molecule has 4 rings (SSSR count). The van der Waals surface area contributed by atoms with Crippen molar-refractivity contribution >= 4 is 27.5 Å². The van der Waals surface area contributed by atoms with Crippen LogP contribution < -0.4 is 9.47 Å². The number of sulfonamides is 1. The number of nitrogens with zero attached hydrogens (tertiary/aromatic N) is 3. The Morgan fingerprint density at radius 2 is 1.73 bits per heavy atom. The van der Waals surface area contributed by atoms with E-state index in [1.807, 2.05) is 36.1 Å². The predicted molar refractivity (Wildman–Crippen MR) is 125 cm³/mol. The van der Waals surface area contributed by atoms with Crippen molar-refractivity contribution in [3.63, 3.8) is 0 Å². The van der Waals surface area contributed by atoms with Crippen molar-refractivity contribution in [1.82, 2.24) is 14.1 Å². The first-order valence-corrected chi connectivity index (χ1v) is 12.8. The lowest BCUT2D eigenvalue weighted by Gasteiger charge is -2.36. The second kappa shape index (κ2) is 10.3. The van der Waals surface area contributed by atoms with Gasteiger partial charge in [0.2, 0.25) is 15.9 Å². The molecule has 0 N–H and O–H groups in total. The van der Waals surface area contributed by atoms with Gasteiger partial charge in [-0.1, -0.05) is 42.8 Å². The third-order valence-corrected chi connectivity index (χ3v) is 8.28. The van der Waals surface area contributed by atoms with Gasteiger partial charge in [0.15, 0.2) is 11.5 Å². The molecular weight excluding hydrogens is 466 g/mol. The van der Waals surface area contributed by atoms with Gasteiger partial charge < -0.3 is 14.4 Å². The summed E-state index contributed by atoms with van der Waals surface area (Å²) in [6, 6.07) is 14.0. The summed E-state index contributed by atoms with van der Waals surface area (Å²) in [5, 5.41) is 0.200. The van der Waals surface area contributed by atoms with Gasteiger partial charge in [-0.25, -0.2) is 8.42 Å². The number of piperazine rings is 1. The lowest BCUT2D eigenvalue weighted by molar-refractivity contribution is -0.133. The minimum absolute atomic E-state index is 0.0243. The Morgan fingerprint density at radius 3 is 2.42 bits per heavy atom. The fourth-order valence-electron chi connectivity index (χ4n) is 4.01. The van der Waals surface area contributed by atoms with Gasteiger partial charge in [-0.2, -0.15) is 4.31 Å². The monoisotopic (exact) mass is 493 g/mol. The number of hydrogen-bond donors (Lipinski definition) is 0. The van der Waals surface area contributed by atoms with E-state index in [1.165, 1.54) is 10.4 Å². The summed E-state index contributed by atoms with van der Waals surface area (Å²) in [6.07, 6.45) is -0.162. The van der Waals surface area contributed by atoms with Gasteiger partial charge in [-0.3, -0.25) is 9.69 Å². The van der Waals surface area contributed by atoms with Crippen LogP contribution in [-0.4, -0.2) is 87.0 Å². The SMILES string of the molecule is CCN(CC(=O)N1CCN(S(=O)(=O)c2ccccc2Cl)CC1)C[C@@H]1COc2ccccc2O1. The molecule has 1 fully saturated rings. The molecule has 2 aromatic carbocycles. The van der Waals surface area contributed by atoms with E-state index in [0.29, 0.717) is 38.5 Å². The van der Waals surface area contributed by atoms with Gasteiger partial charge in [-0.05, 0) is 30.8 Å². The van der Waals surface area contributed by atoms with Gasteiger partial charge in [0, 0.05) is 32.7 Å². The van der Waals surface area contributed by atoms with Crippen LogP contribution in [0.2, 0.25) is 5.02 Å². The lowest BCUT2D eigenvalue weighted by Crippen LogP contribution is -2.53. The molecule has 1 saturated heterocycles. The van der Waals surface area contributed by atoms with Crippen LogP contribution in [0.4, 0.5) is 0 Å². The molecule has 0 radical (unpaired) electrons. The summed E-state index contributed by atoms with van der Waals surface area (Å²) in [5.41, 5.74) is 0. The van der Waals surface area contributed by atoms with Gasteiger partial charge >= 0.3 is 0 Å². The van der Waals surface area contributed by atoms with E-state index in [9.17, 15) is 13.2 Å². The molecule has 178 valence electrons. The minimum atomic E-state index is -3.69. The smallest absolute Gasteiger partial charge is 0.244 e. The Hall–Kier alpha value is -2.33. The number of amides is 1. The summed E-state index contributed by atoms with van der Waals surface area (Å²) >= 11 is 6.09. The molecule has 2 aliphatic rings. The fourth-order valence-corrected chi connectivity index (χ4v) is 5.92. The fraction of sp³-hybridized carbons (Fsp3) is 0.435. The molecule has 2 aliphatic heterocycles. The lowest BCUT2D eigenvalue weighted by atomic mass is 10.2. The maximum absolute atomic E-state index is 12.9. The number of carbonyl (C=O) groups is 1. The maximum atomic E-state index is 12.9. The topological polar surface area (TPSA) is 79.4 Å². The standard InChI is InChI=1S/C23H28ClN3O5S/c1-2-25(15-18-17-31-20-8-4-5-9-21(20)32-18)16-23(28)26-11-13-27(14-12-26)33(29,30)22-10-6-3-7-19(22)24/h3-10,18H,2,11-17H2,1H3/t18-/m1/s1. The summed E-state index contributed by atoms with van der Waals surface area (Å²) in [6.45, 7) is 5.09. The van der Waals surface area contributed by atoms with Gasteiger partial charge in [0.1, 0.15) is 17.6 Å².